The van der Waals surface area contributed by atoms with E-state index in [0.29, 0.717) is 30.8 Å². The van der Waals surface area contributed by atoms with Crippen LogP contribution in [0, 0.1) is 0 Å². The number of methoxy groups -OCH3 is 1. The van der Waals surface area contributed by atoms with Gasteiger partial charge in [-0.1, -0.05) is 0 Å². The van der Waals surface area contributed by atoms with Crippen molar-refractivity contribution in [1.29, 1.82) is 0 Å². The summed E-state index contributed by atoms with van der Waals surface area (Å²) in [6, 6.07) is 4.73. The molecule has 9 heteroatoms. The van der Waals surface area contributed by atoms with Gasteiger partial charge in [0.2, 0.25) is 15.9 Å². The van der Waals surface area contributed by atoms with Gasteiger partial charge in [-0.15, -0.1) is 11.8 Å². The van der Waals surface area contributed by atoms with Gasteiger partial charge in [-0.25, -0.2) is 8.42 Å². The first-order valence-corrected chi connectivity index (χ1v) is 10.0. The summed E-state index contributed by atoms with van der Waals surface area (Å²) in [5.74, 6) is 0.0696. The van der Waals surface area contributed by atoms with Crippen molar-refractivity contribution in [3.05, 3.63) is 23.8 Å². The molecule has 0 bridgehead atoms. The molecule has 3 rings (SSSR count). The SMILES string of the molecule is COC(=O)[C@H]1CN(S(=O)(=O)c2ccc3c(c2)CCC(=O)N3)CCS1. The number of anilines is 1. The number of amides is 1. The molecule has 2 aliphatic heterocycles. The zero-order valence-electron chi connectivity index (χ0n) is 13.1. The molecule has 7 nitrogen and oxygen atoms in total. The molecule has 0 radical (unpaired) electrons. The van der Waals surface area contributed by atoms with Crippen molar-refractivity contribution in [3.8, 4) is 0 Å². The van der Waals surface area contributed by atoms with E-state index >= 15 is 0 Å². The average Bonchev–Trinajstić information content (AvgIpc) is 2.60. The standard InChI is InChI=1S/C15H18N2O5S2/c1-22-15(19)13-9-17(6-7-23-13)24(20,21)11-3-4-12-10(8-11)2-5-14(18)16-12/h3-4,8,13H,2,5-7,9H2,1H3,(H,16,18)/t13-/m1/s1. The third kappa shape index (κ3) is 3.28. The lowest BCUT2D eigenvalue weighted by Crippen LogP contribution is -2.44. The first-order chi connectivity index (χ1) is 11.4. The fraction of sp³-hybridized carbons (Fsp3) is 0.467. The lowest BCUT2D eigenvalue weighted by molar-refractivity contribution is -0.140. The molecular formula is C15H18N2O5S2. The third-order valence-corrected chi connectivity index (χ3v) is 7.13. The van der Waals surface area contributed by atoms with Gasteiger partial charge in [-0.3, -0.25) is 9.59 Å². The summed E-state index contributed by atoms with van der Waals surface area (Å²) in [6.45, 7) is 0.460. The summed E-state index contributed by atoms with van der Waals surface area (Å²) in [4.78, 5) is 23.3. The minimum atomic E-state index is -3.68. The lowest BCUT2D eigenvalue weighted by atomic mass is 10.0. The first kappa shape index (κ1) is 17.2. The summed E-state index contributed by atoms with van der Waals surface area (Å²) in [6.07, 6.45) is 0.867. The van der Waals surface area contributed by atoms with Crippen LogP contribution in [-0.4, -0.2) is 55.8 Å². The Bertz CT molecular complexity index is 778. The highest BCUT2D eigenvalue weighted by atomic mass is 32.2. The van der Waals surface area contributed by atoms with Crippen molar-refractivity contribution in [2.24, 2.45) is 0 Å². The van der Waals surface area contributed by atoms with Crippen LogP contribution < -0.4 is 5.32 Å². The number of hydrogen-bond acceptors (Lipinski definition) is 6. The van der Waals surface area contributed by atoms with Gasteiger partial charge in [0.1, 0.15) is 5.25 Å². The van der Waals surface area contributed by atoms with Crippen LogP contribution in [0.25, 0.3) is 0 Å². The molecular weight excluding hydrogens is 352 g/mol. The van der Waals surface area contributed by atoms with E-state index in [1.165, 1.54) is 29.2 Å². The fourth-order valence-electron chi connectivity index (χ4n) is 2.79. The number of carbonyl (C=O) groups excluding carboxylic acids is 2. The van der Waals surface area contributed by atoms with Crippen LogP contribution in [0.1, 0.15) is 12.0 Å². The van der Waals surface area contributed by atoms with E-state index < -0.39 is 21.2 Å². The summed E-state index contributed by atoms with van der Waals surface area (Å²) in [5.41, 5.74) is 1.47. The molecule has 24 heavy (non-hydrogen) atoms. The van der Waals surface area contributed by atoms with Gasteiger partial charge in [0.25, 0.3) is 0 Å². The van der Waals surface area contributed by atoms with E-state index in [4.69, 9.17) is 4.74 Å². The van der Waals surface area contributed by atoms with Crippen molar-refractivity contribution >= 4 is 39.3 Å². The van der Waals surface area contributed by atoms with Gasteiger partial charge in [0.15, 0.2) is 0 Å². The molecule has 1 fully saturated rings. The quantitative estimate of drug-likeness (QED) is 0.793. The zero-order chi connectivity index (χ0) is 17.3. The van der Waals surface area contributed by atoms with E-state index in [0.717, 1.165) is 5.56 Å². The Hall–Kier alpha value is -1.58. The molecule has 1 aromatic carbocycles. The van der Waals surface area contributed by atoms with Gasteiger partial charge in [0, 0.05) is 31.0 Å². The Morgan fingerprint density at radius 3 is 2.92 bits per heavy atom. The van der Waals surface area contributed by atoms with Crippen molar-refractivity contribution in [3.63, 3.8) is 0 Å². The van der Waals surface area contributed by atoms with Crippen molar-refractivity contribution in [2.45, 2.75) is 23.0 Å². The van der Waals surface area contributed by atoms with E-state index in [9.17, 15) is 18.0 Å². The second kappa shape index (κ2) is 6.73. The van der Waals surface area contributed by atoms with Gasteiger partial charge in [-0.05, 0) is 30.2 Å². The van der Waals surface area contributed by atoms with E-state index in [1.807, 2.05) is 0 Å². The number of carbonyl (C=O) groups is 2. The highest BCUT2D eigenvalue weighted by Crippen LogP contribution is 2.29. The minimum Gasteiger partial charge on any atom is -0.468 e. The molecule has 2 heterocycles. The molecule has 1 amide bonds. The highest BCUT2D eigenvalue weighted by molar-refractivity contribution is 8.00. The van der Waals surface area contributed by atoms with Gasteiger partial charge >= 0.3 is 5.97 Å². The topological polar surface area (TPSA) is 92.8 Å². The second-order valence-corrected chi connectivity index (χ2v) is 8.86. The number of sulfonamides is 1. The predicted molar refractivity (Wildman–Crippen MR) is 90.4 cm³/mol. The normalized spacial score (nSPS) is 21.7. The number of rotatable bonds is 3. The summed E-state index contributed by atoms with van der Waals surface area (Å²) in [7, 11) is -2.38. The smallest absolute Gasteiger partial charge is 0.320 e. The largest absolute Gasteiger partial charge is 0.468 e. The summed E-state index contributed by atoms with van der Waals surface area (Å²) >= 11 is 1.41. The molecule has 1 saturated heterocycles. The number of benzene rings is 1. The minimum absolute atomic E-state index is 0.0629. The number of nitrogens with one attached hydrogen (secondary N) is 1. The number of esters is 1. The molecule has 0 unspecified atom stereocenters. The molecule has 2 aliphatic rings. The van der Waals surface area contributed by atoms with E-state index in [1.54, 1.807) is 12.1 Å². The van der Waals surface area contributed by atoms with E-state index in [2.05, 4.69) is 5.32 Å². The summed E-state index contributed by atoms with van der Waals surface area (Å²) < 4.78 is 31.8. The molecule has 0 saturated carbocycles. The van der Waals surface area contributed by atoms with Crippen molar-refractivity contribution in [1.82, 2.24) is 4.31 Å². The monoisotopic (exact) mass is 370 g/mol. The highest BCUT2D eigenvalue weighted by Gasteiger charge is 2.34. The van der Waals surface area contributed by atoms with Gasteiger partial charge < -0.3 is 10.1 Å². The Labute approximate surface area is 144 Å². The van der Waals surface area contributed by atoms with Crippen molar-refractivity contribution in [2.75, 3.05) is 31.3 Å². The number of aryl methyl sites for hydroxylation is 1. The predicted octanol–water partition coefficient (Wildman–Crippen LogP) is 0.850. The maximum absolute atomic E-state index is 12.9. The number of ether oxygens (including phenoxy) is 1. The Kier molecular flexibility index (Phi) is 4.84. The Morgan fingerprint density at radius 2 is 2.17 bits per heavy atom. The number of thioether (sulfide) groups is 1. The number of nitrogens with zero attached hydrogens (tertiary/aromatic N) is 1. The number of fused-ring (bicyclic) bond motifs is 1. The van der Waals surface area contributed by atoms with Crippen LogP contribution in [0.15, 0.2) is 23.1 Å². The Morgan fingerprint density at radius 1 is 1.38 bits per heavy atom. The maximum Gasteiger partial charge on any atom is 0.320 e. The van der Waals surface area contributed by atoms with Gasteiger partial charge in [-0.2, -0.15) is 4.31 Å². The fourth-order valence-corrected chi connectivity index (χ4v) is 5.63. The van der Waals surface area contributed by atoms with E-state index in [-0.39, 0.29) is 17.3 Å². The van der Waals surface area contributed by atoms with Crippen LogP contribution in [0.2, 0.25) is 0 Å². The molecule has 1 N–H and O–H groups in total. The van der Waals surface area contributed by atoms with Crippen LogP contribution >= 0.6 is 11.8 Å². The third-order valence-electron chi connectivity index (χ3n) is 4.10. The number of hydrogen-bond donors (Lipinski definition) is 1. The van der Waals surface area contributed by atoms with Gasteiger partial charge in [0.05, 0.1) is 12.0 Å². The van der Waals surface area contributed by atoms with Crippen LogP contribution in [0.4, 0.5) is 5.69 Å². The summed E-state index contributed by atoms with van der Waals surface area (Å²) in [5, 5.41) is 2.23. The van der Waals surface area contributed by atoms with Crippen LogP contribution in [-0.2, 0) is 30.8 Å². The van der Waals surface area contributed by atoms with Crippen LogP contribution in [0.3, 0.4) is 0 Å². The lowest BCUT2D eigenvalue weighted by Gasteiger charge is -2.30. The molecule has 1 aromatic rings. The van der Waals surface area contributed by atoms with Crippen LogP contribution in [0.5, 0.6) is 0 Å². The molecule has 0 aromatic heterocycles. The average molecular weight is 370 g/mol. The molecule has 0 aliphatic carbocycles. The Balaban J connectivity index is 1.85. The first-order valence-electron chi connectivity index (χ1n) is 7.54. The van der Waals surface area contributed by atoms with Crippen molar-refractivity contribution < 1.29 is 22.7 Å². The molecule has 0 spiro atoms. The second-order valence-electron chi connectivity index (χ2n) is 5.61. The zero-order valence-corrected chi connectivity index (χ0v) is 14.8. The molecule has 130 valence electrons. The molecule has 1 atom stereocenters. The maximum atomic E-state index is 12.9.